The van der Waals surface area contributed by atoms with Crippen LogP contribution in [0, 0.1) is 6.92 Å². The quantitative estimate of drug-likeness (QED) is 0.856. The Morgan fingerprint density at radius 3 is 3.00 bits per heavy atom. The Morgan fingerprint density at radius 1 is 1.56 bits per heavy atom. The standard InChI is InChI=1S/C10H10N4OS/c1-6-8(16-5-12-6)4-7-2-3-13-14-9(7)10(11)15/h2-3,5H,4H2,1H3,(H2,11,15). The van der Waals surface area contributed by atoms with Crippen molar-refractivity contribution in [3.63, 3.8) is 0 Å². The lowest BCUT2D eigenvalue weighted by atomic mass is 10.1. The first kappa shape index (κ1) is 10.7. The molecule has 0 aliphatic rings. The number of amides is 1. The molecular formula is C10H10N4OS. The third-order valence-corrected chi connectivity index (χ3v) is 3.17. The highest BCUT2D eigenvalue weighted by atomic mass is 32.1. The minimum atomic E-state index is -0.551. The number of rotatable bonds is 3. The van der Waals surface area contributed by atoms with Crippen LogP contribution in [0.3, 0.4) is 0 Å². The highest BCUT2D eigenvalue weighted by Gasteiger charge is 2.12. The Hall–Kier alpha value is -1.82. The van der Waals surface area contributed by atoms with Crippen LogP contribution in [0.5, 0.6) is 0 Å². The zero-order valence-corrected chi connectivity index (χ0v) is 9.49. The fourth-order valence-corrected chi connectivity index (χ4v) is 2.18. The molecule has 6 heteroatoms. The summed E-state index contributed by atoms with van der Waals surface area (Å²) in [7, 11) is 0. The molecule has 0 fully saturated rings. The van der Waals surface area contributed by atoms with Crippen LogP contribution in [-0.2, 0) is 6.42 Å². The van der Waals surface area contributed by atoms with Gasteiger partial charge in [0.1, 0.15) is 0 Å². The molecule has 1 amide bonds. The van der Waals surface area contributed by atoms with Gasteiger partial charge in [-0.25, -0.2) is 4.98 Å². The van der Waals surface area contributed by atoms with E-state index >= 15 is 0 Å². The molecule has 5 nitrogen and oxygen atoms in total. The van der Waals surface area contributed by atoms with Gasteiger partial charge in [-0.2, -0.15) is 5.10 Å². The summed E-state index contributed by atoms with van der Waals surface area (Å²) in [5, 5.41) is 7.40. The maximum atomic E-state index is 11.1. The zero-order valence-electron chi connectivity index (χ0n) is 8.67. The summed E-state index contributed by atoms with van der Waals surface area (Å²) in [5.74, 6) is -0.551. The van der Waals surface area contributed by atoms with Crippen molar-refractivity contribution in [1.82, 2.24) is 15.2 Å². The summed E-state index contributed by atoms with van der Waals surface area (Å²) in [6, 6.07) is 1.76. The van der Waals surface area contributed by atoms with Crippen LogP contribution in [0.15, 0.2) is 17.8 Å². The maximum absolute atomic E-state index is 11.1. The second kappa shape index (κ2) is 4.36. The van der Waals surface area contributed by atoms with E-state index in [1.807, 2.05) is 6.92 Å². The van der Waals surface area contributed by atoms with Crippen molar-refractivity contribution < 1.29 is 4.79 Å². The molecule has 0 saturated heterocycles. The maximum Gasteiger partial charge on any atom is 0.269 e. The lowest BCUT2D eigenvalue weighted by molar-refractivity contribution is 0.0993. The molecule has 0 spiro atoms. The molecule has 0 atom stereocenters. The van der Waals surface area contributed by atoms with Crippen molar-refractivity contribution >= 4 is 17.2 Å². The Bertz CT molecular complexity index is 523. The van der Waals surface area contributed by atoms with Crippen LogP contribution in [0.1, 0.15) is 26.6 Å². The molecule has 2 rings (SSSR count). The Balaban J connectivity index is 2.35. The molecule has 0 aromatic carbocycles. The predicted molar refractivity (Wildman–Crippen MR) is 60.2 cm³/mol. The molecule has 0 saturated carbocycles. The van der Waals surface area contributed by atoms with E-state index in [9.17, 15) is 4.79 Å². The first-order valence-electron chi connectivity index (χ1n) is 4.68. The number of hydrogen-bond donors (Lipinski definition) is 1. The molecule has 2 N–H and O–H groups in total. The summed E-state index contributed by atoms with van der Waals surface area (Å²) in [6.45, 7) is 1.93. The number of thiazole rings is 1. The van der Waals surface area contributed by atoms with Crippen LogP contribution in [-0.4, -0.2) is 21.1 Å². The Morgan fingerprint density at radius 2 is 2.38 bits per heavy atom. The number of nitrogens with zero attached hydrogens (tertiary/aromatic N) is 3. The Labute approximate surface area is 96.4 Å². The van der Waals surface area contributed by atoms with Gasteiger partial charge in [0, 0.05) is 17.5 Å². The van der Waals surface area contributed by atoms with Gasteiger partial charge in [0.15, 0.2) is 5.69 Å². The van der Waals surface area contributed by atoms with Crippen LogP contribution in [0.4, 0.5) is 0 Å². The summed E-state index contributed by atoms with van der Waals surface area (Å²) < 4.78 is 0. The van der Waals surface area contributed by atoms with E-state index in [0.717, 1.165) is 16.1 Å². The van der Waals surface area contributed by atoms with E-state index < -0.39 is 5.91 Å². The monoisotopic (exact) mass is 234 g/mol. The van der Waals surface area contributed by atoms with Crippen molar-refractivity contribution in [2.45, 2.75) is 13.3 Å². The fourth-order valence-electron chi connectivity index (χ4n) is 1.38. The molecule has 2 heterocycles. The number of primary amides is 1. The van der Waals surface area contributed by atoms with Crippen molar-refractivity contribution in [1.29, 1.82) is 0 Å². The second-order valence-corrected chi connectivity index (χ2v) is 4.25. The van der Waals surface area contributed by atoms with Crippen LogP contribution in [0.2, 0.25) is 0 Å². The second-order valence-electron chi connectivity index (χ2n) is 3.31. The van der Waals surface area contributed by atoms with Crippen molar-refractivity contribution in [2.24, 2.45) is 5.73 Å². The highest BCUT2D eigenvalue weighted by molar-refractivity contribution is 7.09. The lowest BCUT2D eigenvalue weighted by Crippen LogP contribution is -2.16. The number of carbonyl (C=O) groups is 1. The van der Waals surface area contributed by atoms with Crippen molar-refractivity contribution in [3.05, 3.63) is 39.6 Å². The predicted octanol–water partition coefficient (Wildman–Crippen LogP) is 0.931. The van der Waals surface area contributed by atoms with Gasteiger partial charge >= 0.3 is 0 Å². The van der Waals surface area contributed by atoms with Gasteiger partial charge in [-0.3, -0.25) is 4.79 Å². The largest absolute Gasteiger partial charge is 0.364 e. The molecule has 0 aliphatic carbocycles. The average molecular weight is 234 g/mol. The highest BCUT2D eigenvalue weighted by Crippen LogP contribution is 2.18. The molecule has 0 aliphatic heterocycles. The molecule has 2 aromatic rings. The van der Waals surface area contributed by atoms with Gasteiger partial charge < -0.3 is 5.73 Å². The fraction of sp³-hybridized carbons (Fsp3) is 0.200. The molecule has 82 valence electrons. The first-order chi connectivity index (χ1) is 7.68. The summed E-state index contributed by atoms with van der Waals surface area (Å²) in [6.07, 6.45) is 2.17. The lowest BCUT2D eigenvalue weighted by Gasteiger charge is -2.03. The molecule has 2 aromatic heterocycles. The van der Waals surface area contributed by atoms with E-state index in [1.165, 1.54) is 0 Å². The third kappa shape index (κ3) is 2.06. The number of nitrogens with two attached hydrogens (primary N) is 1. The van der Waals surface area contributed by atoms with E-state index in [-0.39, 0.29) is 5.69 Å². The van der Waals surface area contributed by atoms with Gasteiger partial charge in [-0.05, 0) is 18.6 Å². The number of carbonyl (C=O) groups excluding carboxylic acids is 1. The summed E-state index contributed by atoms with van der Waals surface area (Å²) >= 11 is 1.55. The molecule has 0 bridgehead atoms. The van der Waals surface area contributed by atoms with Crippen LogP contribution < -0.4 is 5.73 Å². The van der Waals surface area contributed by atoms with Crippen molar-refractivity contribution in [3.8, 4) is 0 Å². The van der Waals surface area contributed by atoms with Gasteiger partial charge in [0.05, 0.1) is 11.2 Å². The van der Waals surface area contributed by atoms with E-state index in [0.29, 0.717) is 6.42 Å². The van der Waals surface area contributed by atoms with E-state index in [4.69, 9.17) is 5.73 Å². The topological polar surface area (TPSA) is 81.8 Å². The van der Waals surface area contributed by atoms with Crippen LogP contribution >= 0.6 is 11.3 Å². The van der Waals surface area contributed by atoms with Gasteiger partial charge in [-0.15, -0.1) is 16.4 Å². The molecular weight excluding hydrogens is 224 g/mol. The number of hydrogen-bond acceptors (Lipinski definition) is 5. The SMILES string of the molecule is Cc1ncsc1Cc1ccnnc1C(N)=O. The van der Waals surface area contributed by atoms with Gasteiger partial charge in [0.25, 0.3) is 5.91 Å². The van der Waals surface area contributed by atoms with Gasteiger partial charge in [-0.1, -0.05) is 0 Å². The first-order valence-corrected chi connectivity index (χ1v) is 5.56. The minimum Gasteiger partial charge on any atom is -0.364 e. The molecule has 0 radical (unpaired) electrons. The summed E-state index contributed by atoms with van der Waals surface area (Å²) in [4.78, 5) is 16.4. The van der Waals surface area contributed by atoms with Crippen LogP contribution in [0.25, 0.3) is 0 Å². The van der Waals surface area contributed by atoms with Crippen molar-refractivity contribution in [2.75, 3.05) is 0 Å². The zero-order chi connectivity index (χ0) is 11.5. The smallest absolute Gasteiger partial charge is 0.269 e. The number of aromatic nitrogens is 3. The normalized spacial score (nSPS) is 10.3. The Kier molecular flexibility index (Phi) is 2.91. The van der Waals surface area contributed by atoms with Gasteiger partial charge in [0.2, 0.25) is 0 Å². The minimum absolute atomic E-state index is 0.232. The average Bonchev–Trinajstić information content (AvgIpc) is 2.65. The summed E-state index contributed by atoms with van der Waals surface area (Å²) in [5.41, 5.74) is 9.00. The third-order valence-electron chi connectivity index (χ3n) is 2.23. The van der Waals surface area contributed by atoms with E-state index in [2.05, 4.69) is 15.2 Å². The van der Waals surface area contributed by atoms with E-state index in [1.54, 1.807) is 29.1 Å². The molecule has 16 heavy (non-hydrogen) atoms. The number of aryl methyl sites for hydroxylation is 1. The molecule has 0 unspecified atom stereocenters.